The first kappa shape index (κ1) is 13.1. The number of benzene rings is 1. The summed E-state index contributed by atoms with van der Waals surface area (Å²) in [4.78, 5) is 0. The van der Waals surface area contributed by atoms with Gasteiger partial charge in [0.15, 0.2) is 0 Å². The van der Waals surface area contributed by atoms with Gasteiger partial charge < -0.3 is 10.1 Å². The van der Waals surface area contributed by atoms with Gasteiger partial charge in [-0.2, -0.15) is 0 Å². The Morgan fingerprint density at radius 3 is 3.00 bits per heavy atom. The van der Waals surface area contributed by atoms with Crippen molar-refractivity contribution in [3.05, 3.63) is 33.8 Å². The number of nitrogens with one attached hydrogen (secondary N) is 1. The van der Waals surface area contributed by atoms with Crippen LogP contribution in [0, 0.1) is 6.92 Å². The van der Waals surface area contributed by atoms with Gasteiger partial charge in [0.2, 0.25) is 0 Å². The highest BCUT2D eigenvalue weighted by atomic mass is 79.9. The van der Waals surface area contributed by atoms with Crippen LogP contribution in [0.4, 0.5) is 0 Å². The molecule has 0 aliphatic carbocycles. The van der Waals surface area contributed by atoms with Gasteiger partial charge in [0.1, 0.15) is 0 Å². The third-order valence-corrected chi connectivity index (χ3v) is 4.19. The molecule has 1 aromatic carbocycles. The van der Waals surface area contributed by atoms with E-state index in [2.05, 4.69) is 53.3 Å². The molecule has 0 amide bonds. The average molecular weight is 298 g/mol. The van der Waals surface area contributed by atoms with Gasteiger partial charge >= 0.3 is 0 Å². The number of aryl methyl sites for hydroxylation is 1. The van der Waals surface area contributed by atoms with Crippen LogP contribution in [-0.4, -0.2) is 18.8 Å². The second-order valence-corrected chi connectivity index (χ2v) is 5.72. The van der Waals surface area contributed by atoms with E-state index >= 15 is 0 Å². The highest BCUT2D eigenvalue weighted by Gasteiger charge is 2.18. The Bertz CT molecular complexity index is 380. The first-order valence-electron chi connectivity index (χ1n) is 6.25. The van der Waals surface area contributed by atoms with Gasteiger partial charge in [0, 0.05) is 23.7 Å². The van der Waals surface area contributed by atoms with Crippen molar-refractivity contribution in [2.75, 3.05) is 6.61 Å². The zero-order valence-electron chi connectivity index (χ0n) is 10.5. The lowest BCUT2D eigenvalue weighted by Gasteiger charge is -2.28. The third-order valence-electron chi connectivity index (χ3n) is 3.30. The molecule has 2 atom stereocenters. The average Bonchev–Trinajstić information content (AvgIpc) is 2.31. The molecule has 1 heterocycles. The minimum Gasteiger partial charge on any atom is -0.378 e. The van der Waals surface area contributed by atoms with Crippen LogP contribution in [0.2, 0.25) is 0 Å². The number of hydrogen-bond donors (Lipinski definition) is 1. The van der Waals surface area contributed by atoms with Crippen LogP contribution in [0.3, 0.4) is 0 Å². The highest BCUT2D eigenvalue weighted by Crippen LogP contribution is 2.18. The summed E-state index contributed by atoms with van der Waals surface area (Å²) in [6, 6.07) is 7.13. The fourth-order valence-electron chi connectivity index (χ4n) is 2.26. The largest absolute Gasteiger partial charge is 0.378 e. The van der Waals surface area contributed by atoms with E-state index in [4.69, 9.17) is 4.74 Å². The molecule has 2 unspecified atom stereocenters. The predicted octanol–water partition coefficient (Wildman–Crippen LogP) is 3.41. The van der Waals surface area contributed by atoms with Crippen molar-refractivity contribution >= 4 is 15.9 Å². The minimum atomic E-state index is 0.396. The summed E-state index contributed by atoms with van der Waals surface area (Å²) in [6.07, 6.45) is 2.64. The molecule has 1 N–H and O–H groups in total. The van der Waals surface area contributed by atoms with E-state index in [0.29, 0.717) is 12.1 Å². The van der Waals surface area contributed by atoms with Crippen LogP contribution in [-0.2, 0) is 11.3 Å². The topological polar surface area (TPSA) is 21.3 Å². The molecule has 3 heteroatoms. The van der Waals surface area contributed by atoms with E-state index in [9.17, 15) is 0 Å². The molecule has 0 radical (unpaired) electrons. The van der Waals surface area contributed by atoms with E-state index in [-0.39, 0.29) is 0 Å². The molecule has 2 rings (SSSR count). The fourth-order valence-corrected chi connectivity index (χ4v) is 2.51. The summed E-state index contributed by atoms with van der Waals surface area (Å²) in [5, 5.41) is 3.62. The normalized spacial score (nSPS) is 24.9. The molecule has 1 aliphatic rings. The lowest BCUT2D eigenvalue weighted by molar-refractivity contribution is 0.0130. The number of halogens is 1. The van der Waals surface area contributed by atoms with Crippen molar-refractivity contribution in [1.82, 2.24) is 5.32 Å². The van der Waals surface area contributed by atoms with Gasteiger partial charge in [0.25, 0.3) is 0 Å². The van der Waals surface area contributed by atoms with E-state index < -0.39 is 0 Å². The van der Waals surface area contributed by atoms with Gasteiger partial charge in [-0.3, -0.25) is 0 Å². The molecule has 94 valence electrons. The van der Waals surface area contributed by atoms with Crippen molar-refractivity contribution < 1.29 is 4.74 Å². The molecular weight excluding hydrogens is 278 g/mol. The maximum absolute atomic E-state index is 5.55. The van der Waals surface area contributed by atoms with Crippen molar-refractivity contribution in [1.29, 1.82) is 0 Å². The van der Waals surface area contributed by atoms with Crippen LogP contribution < -0.4 is 5.32 Å². The first-order chi connectivity index (χ1) is 8.15. The maximum atomic E-state index is 5.55. The van der Waals surface area contributed by atoms with Crippen LogP contribution in [0.25, 0.3) is 0 Å². The van der Waals surface area contributed by atoms with Gasteiger partial charge in [0.05, 0.1) is 6.10 Å². The van der Waals surface area contributed by atoms with Crippen molar-refractivity contribution in [3.63, 3.8) is 0 Å². The smallest absolute Gasteiger partial charge is 0.0561 e. The number of hydrogen-bond acceptors (Lipinski definition) is 2. The van der Waals surface area contributed by atoms with Crippen molar-refractivity contribution in [2.45, 2.75) is 45.4 Å². The second kappa shape index (κ2) is 5.98. The lowest BCUT2D eigenvalue weighted by Crippen LogP contribution is -2.37. The lowest BCUT2D eigenvalue weighted by atomic mass is 10.0. The highest BCUT2D eigenvalue weighted by molar-refractivity contribution is 9.10. The molecule has 1 saturated heterocycles. The molecule has 0 bridgehead atoms. The second-order valence-electron chi connectivity index (χ2n) is 4.87. The molecule has 2 nitrogen and oxygen atoms in total. The molecule has 1 fully saturated rings. The Kier molecular flexibility index (Phi) is 4.60. The quantitative estimate of drug-likeness (QED) is 0.923. The summed E-state index contributed by atoms with van der Waals surface area (Å²) >= 11 is 3.53. The first-order valence-corrected chi connectivity index (χ1v) is 7.04. The Morgan fingerprint density at radius 2 is 2.29 bits per heavy atom. The molecule has 17 heavy (non-hydrogen) atoms. The number of ether oxygens (including phenoxy) is 1. The Labute approximate surface area is 112 Å². The van der Waals surface area contributed by atoms with E-state index in [0.717, 1.165) is 26.0 Å². The van der Waals surface area contributed by atoms with Gasteiger partial charge in [-0.05, 0) is 43.9 Å². The van der Waals surface area contributed by atoms with Gasteiger partial charge in [-0.15, -0.1) is 0 Å². The van der Waals surface area contributed by atoms with Crippen LogP contribution in [0.1, 0.15) is 30.9 Å². The predicted molar refractivity (Wildman–Crippen MR) is 74.2 cm³/mol. The van der Waals surface area contributed by atoms with E-state index in [1.54, 1.807) is 0 Å². The van der Waals surface area contributed by atoms with Crippen molar-refractivity contribution in [3.8, 4) is 0 Å². The summed E-state index contributed by atoms with van der Waals surface area (Å²) in [7, 11) is 0. The van der Waals surface area contributed by atoms with Gasteiger partial charge in [-0.1, -0.05) is 28.1 Å². The van der Waals surface area contributed by atoms with E-state index in [1.807, 2.05) is 0 Å². The van der Waals surface area contributed by atoms with E-state index in [1.165, 1.54) is 15.6 Å². The van der Waals surface area contributed by atoms with Crippen LogP contribution in [0.5, 0.6) is 0 Å². The molecule has 0 spiro atoms. The third kappa shape index (κ3) is 3.80. The standard InChI is InChI=1S/C14H20BrNO/c1-10-7-12(3-4-14(10)15)9-16-13-5-6-17-11(2)8-13/h3-4,7,11,13,16H,5-6,8-9H2,1-2H3. The monoisotopic (exact) mass is 297 g/mol. The summed E-state index contributed by atoms with van der Waals surface area (Å²) in [5.41, 5.74) is 2.65. The van der Waals surface area contributed by atoms with Gasteiger partial charge in [-0.25, -0.2) is 0 Å². The van der Waals surface area contributed by atoms with Crippen LogP contribution in [0.15, 0.2) is 22.7 Å². The molecule has 0 saturated carbocycles. The zero-order chi connectivity index (χ0) is 12.3. The SMILES string of the molecule is Cc1cc(CNC2CCOC(C)C2)ccc1Br. The molecule has 1 aromatic rings. The Hall–Kier alpha value is -0.380. The molecule has 1 aliphatic heterocycles. The summed E-state index contributed by atoms with van der Waals surface area (Å²) in [6.45, 7) is 6.12. The Balaban J connectivity index is 1.86. The molecular formula is C14H20BrNO. The Morgan fingerprint density at radius 1 is 1.47 bits per heavy atom. The zero-order valence-corrected chi connectivity index (χ0v) is 12.1. The summed E-state index contributed by atoms with van der Waals surface area (Å²) < 4.78 is 6.73. The van der Waals surface area contributed by atoms with Crippen LogP contribution >= 0.6 is 15.9 Å². The fraction of sp³-hybridized carbons (Fsp3) is 0.571. The molecule has 0 aromatic heterocycles. The minimum absolute atomic E-state index is 0.396. The summed E-state index contributed by atoms with van der Waals surface area (Å²) in [5.74, 6) is 0. The van der Waals surface area contributed by atoms with Crippen molar-refractivity contribution in [2.24, 2.45) is 0 Å². The number of rotatable bonds is 3. The maximum Gasteiger partial charge on any atom is 0.0561 e.